The van der Waals surface area contributed by atoms with Gasteiger partial charge in [-0.1, -0.05) is 0 Å². The maximum atomic E-state index is 16.4. The highest BCUT2D eigenvalue weighted by molar-refractivity contribution is 8.07. The number of hydrogen-bond donors (Lipinski definition) is 4. The van der Waals surface area contributed by atoms with Crippen molar-refractivity contribution in [3.8, 4) is 0 Å². The molecule has 0 aromatic carbocycles. The maximum Gasteiger partial charge on any atom is 0.325 e. The molecule has 3 fully saturated rings. The van der Waals surface area contributed by atoms with Gasteiger partial charge in [0.2, 0.25) is 19.4 Å². The molecule has 0 saturated carbocycles. The summed E-state index contributed by atoms with van der Waals surface area (Å²) in [5.41, 5.74) is 1.82. The molecule has 0 spiro atoms. The number of anilines is 2. The monoisotopic (exact) mass is 777 g/mol. The standard InChI is InChI=1S/C27H27BFN9O11P2S/c28-50(42)44-7-14-22(20(41)27(47-14)38-25-18-12(36-38)2-4-16(40)34-23(18)31-9-32-25)49-51(43,52)45-8-13-21(48-50)19(29)26(46-13)37-24-17-10(5-6-30-24)33-15(39)3-1-11(17)35-37/h5-6,9,13-14,19-22,26-27,41H,1-4,7-8H2,(H,33,39)(H,43,52)(H,31,32,34,40)/t13-,14-,19+,20?,21?,22+,26-,27-,50?,51?/m1/s1. The minimum Gasteiger partial charge on any atom is -0.385 e. The van der Waals surface area contributed by atoms with Crippen molar-refractivity contribution in [2.45, 2.75) is 74.8 Å². The topological polar surface area (TPSA) is 245 Å². The molecule has 52 heavy (non-hydrogen) atoms. The van der Waals surface area contributed by atoms with Crippen molar-refractivity contribution < 1.29 is 56.1 Å². The predicted octanol–water partition coefficient (Wildman–Crippen LogP) is 0.845. The Labute approximate surface area is 297 Å². The summed E-state index contributed by atoms with van der Waals surface area (Å²) in [4.78, 5) is 48.3. The number of fused-ring (bicyclic) bond motifs is 2. The van der Waals surface area contributed by atoms with Gasteiger partial charge in [-0.25, -0.2) is 28.7 Å². The molecule has 0 bridgehead atoms. The molecular weight excluding hydrogens is 750 g/mol. The number of aliphatic hydroxyl groups is 1. The number of ether oxygens (including phenoxy) is 2. The second-order valence-electron chi connectivity index (χ2n) is 12.7. The van der Waals surface area contributed by atoms with Gasteiger partial charge >= 0.3 is 6.72 Å². The quantitative estimate of drug-likeness (QED) is 0.163. The van der Waals surface area contributed by atoms with Gasteiger partial charge in [0.25, 0.3) is 7.47 Å². The second-order valence-corrected chi connectivity index (χ2v) is 17.0. The molecule has 9 heterocycles. The van der Waals surface area contributed by atoms with Crippen LogP contribution < -0.4 is 10.6 Å². The summed E-state index contributed by atoms with van der Waals surface area (Å²) in [5, 5.41) is 27.0. The minimum atomic E-state index is -4.61. The van der Waals surface area contributed by atoms with Gasteiger partial charge in [-0.05, 0) is 17.9 Å². The number of hydrogen-bond acceptors (Lipinski definition) is 16. The van der Waals surface area contributed by atoms with Gasteiger partial charge in [0, 0.05) is 31.9 Å². The zero-order chi connectivity index (χ0) is 36.1. The van der Waals surface area contributed by atoms with Crippen LogP contribution in [0.15, 0.2) is 18.6 Å². The lowest BCUT2D eigenvalue weighted by Gasteiger charge is -2.30. The molecule has 4 aromatic heterocycles. The van der Waals surface area contributed by atoms with Crippen LogP contribution >= 0.6 is 14.2 Å². The Kier molecular flexibility index (Phi) is 8.36. The van der Waals surface area contributed by atoms with Gasteiger partial charge in [0.05, 0.1) is 41.1 Å². The summed E-state index contributed by atoms with van der Waals surface area (Å²) >= 11 is 5.29. The fraction of sp³-hybridized carbons (Fsp3) is 0.519. The van der Waals surface area contributed by atoms with Gasteiger partial charge in [-0.2, -0.15) is 10.2 Å². The first kappa shape index (κ1) is 34.4. The number of aryl methyl sites for hydroxylation is 2. The van der Waals surface area contributed by atoms with Gasteiger partial charge in [-0.15, -0.1) is 0 Å². The van der Waals surface area contributed by atoms with E-state index in [-0.39, 0.29) is 54.6 Å². The molecule has 2 amide bonds. The third-order valence-corrected chi connectivity index (χ3v) is 11.9. The van der Waals surface area contributed by atoms with Crippen LogP contribution in [-0.2, 0) is 66.4 Å². The van der Waals surface area contributed by atoms with E-state index in [9.17, 15) is 24.2 Å². The van der Waals surface area contributed by atoms with Crippen LogP contribution in [0.2, 0.25) is 0 Å². The third kappa shape index (κ3) is 5.88. The number of halogens is 1. The van der Waals surface area contributed by atoms with Crippen LogP contribution in [0.4, 0.5) is 15.9 Å². The van der Waals surface area contributed by atoms with E-state index in [0.29, 0.717) is 27.8 Å². The van der Waals surface area contributed by atoms with E-state index < -0.39 is 76.6 Å². The predicted molar refractivity (Wildman–Crippen MR) is 177 cm³/mol. The van der Waals surface area contributed by atoms with Gasteiger partial charge in [0.15, 0.2) is 29.9 Å². The molecule has 9 rings (SSSR count). The first-order valence-corrected chi connectivity index (χ1v) is 20.2. The van der Waals surface area contributed by atoms with E-state index in [1.807, 2.05) is 0 Å². The molecule has 272 valence electrons. The average molecular weight is 777 g/mol. The minimum absolute atomic E-state index is 0.124. The molecular formula is C27H27BFN9O11P2S. The van der Waals surface area contributed by atoms with Gasteiger partial charge < -0.3 is 43.7 Å². The summed E-state index contributed by atoms with van der Waals surface area (Å²) in [6, 6.07) is 1.60. The molecule has 20 nitrogen and oxygen atoms in total. The lowest BCUT2D eigenvalue weighted by atomic mass is 10.1. The maximum absolute atomic E-state index is 16.4. The van der Waals surface area contributed by atoms with E-state index in [1.165, 1.54) is 21.9 Å². The summed E-state index contributed by atoms with van der Waals surface area (Å²) in [6.45, 7) is -5.54. The van der Waals surface area contributed by atoms with Crippen LogP contribution in [0, 0.1) is 0 Å². The first-order valence-electron chi connectivity index (χ1n) is 16.0. The smallest absolute Gasteiger partial charge is 0.325 e. The van der Waals surface area contributed by atoms with Crippen LogP contribution in [0.3, 0.4) is 0 Å². The average Bonchev–Trinajstić information content (AvgIpc) is 3.76. The van der Waals surface area contributed by atoms with Gasteiger partial charge in [0.1, 0.15) is 42.7 Å². The lowest BCUT2D eigenvalue weighted by Crippen LogP contribution is -2.38. The van der Waals surface area contributed by atoms with E-state index in [1.54, 1.807) is 6.07 Å². The number of nitrogens with zero attached hydrogens (tertiary/aromatic N) is 7. The van der Waals surface area contributed by atoms with Crippen molar-refractivity contribution in [2.75, 3.05) is 23.8 Å². The normalized spacial score (nSPS) is 36.6. The number of nitrogens with one attached hydrogen (secondary N) is 2. The zero-order valence-electron chi connectivity index (χ0n) is 26.6. The molecule has 0 aliphatic carbocycles. The number of aromatic nitrogens is 7. The van der Waals surface area contributed by atoms with E-state index in [2.05, 4.69) is 35.8 Å². The molecule has 10 atom stereocenters. The van der Waals surface area contributed by atoms with Crippen molar-refractivity contribution >= 4 is 79.0 Å². The van der Waals surface area contributed by atoms with Crippen molar-refractivity contribution in [3.05, 3.63) is 30.0 Å². The van der Waals surface area contributed by atoms with E-state index in [0.717, 1.165) is 0 Å². The summed E-state index contributed by atoms with van der Waals surface area (Å²) in [6.07, 6.45) is -8.93. The largest absolute Gasteiger partial charge is 0.385 e. The third-order valence-electron chi connectivity index (χ3n) is 9.34. The number of amides is 2. The number of alkyl halides is 1. The van der Waals surface area contributed by atoms with Crippen LogP contribution in [0.5, 0.6) is 0 Å². The zero-order valence-corrected chi connectivity index (χ0v) is 29.2. The number of pyridine rings is 1. The second kappa shape index (κ2) is 12.6. The molecule has 25 heteroatoms. The number of carbonyl (C=O) groups excluding carboxylic acids is 2. The fourth-order valence-electron chi connectivity index (χ4n) is 7.02. The molecule has 2 radical (unpaired) electrons. The van der Waals surface area contributed by atoms with Crippen LogP contribution in [0.25, 0.3) is 22.1 Å². The highest BCUT2D eigenvalue weighted by Crippen LogP contribution is 2.54. The molecule has 5 aliphatic rings. The molecule has 4 aromatic rings. The Bertz CT molecular complexity index is 2100. The molecule has 4 N–H and O–H groups in total. The van der Waals surface area contributed by atoms with Gasteiger partial charge in [-0.3, -0.25) is 18.7 Å². The molecule has 3 saturated heterocycles. The molecule has 5 aliphatic heterocycles. The number of aliphatic hydroxyl groups excluding tert-OH is 1. The fourth-order valence-corrected chi connectivity index (χ4v) is 9.47. The Morgan fingerprint density at radius 2 is 1.54 bits per heavy atom. The number of rotatable bonds is 2. The Morgan fingerprint density at radius 1 is 0.885 bits per heavy atom. The Morgan fingerprint density at radius 3 is 2.33 bits per heavy atom. The first-order chi connectivity index (χ1) is 24.9. The lowest BCUT2D eigenvalue weighted by molar-refractivity contribution is -0.117. The SMILES string of the molecule is [B]P1(=O)OC[C@H]2O[C@@H](n3nc4c5c(ncnc53)NC(=O)CC4)C(O)[C@H]2OP(O)(=S)OC[C@H]2O[C@@H](n3nc4c5c(ccnc53)NC(=O)CC4)[C@@H](F)C2O1. The van der Waals surface area contributed by atoms with E-state index >= 15 is 4.39 Å². The van der Waals surface area contributed by atoms with Crippen molar-refractivity contribution in [3.63, 3.8) is 0 Å². The highest BCUT2D eigenvalue weighted by atomic mass is 32.5. The van der Waals surface area contributed by atoms with Crippen molar-refractivity contribution in [1.82, 2.24) is 34.5 Å². The van der Waals surface area contributed by atoms with Crippen molar-refractivity contribution in [2.24, 2.45) is 0 Å². The van der Waals surface area contributed by atoms with E-state index in [4.69, 9.17) is 46.9 Å². The summed E-state index contributed by atoms with van der Waals surface area (Å²) in [5.74, 6) is -0.227. The highest BCUT2D eigenvalue weighted by Gasteiger charge is 2.54. The van der Waals surface area contributed by atoms with Crippen LogP contribution in [0.1, 0.15) is 36.7 Å². The Hall–Kier alpha value is -3.34. The summed E-state index contributed by atoms with van der Waals surface area (Å²) < 4.78 is 66.9. The van der Waals surface area contributed by atoms with Crippen LogP contribution in [-0.4, -0.2) is 114 Å². The van der Waals surface area contributed by atoms with Crippen molar-refractivity contribution in [1.29, 1.82) is 0 Å². The number of carbonyl (C=O) groups is 2. The summed E-state index contributed by atoms with van der Waals surface area (Å²) in [7, 11) is 1.37. The Balaban J connectivity index is 1.00. The molecule has 4 unspecified atom stereocenters.